The smallest absolute Gasteiger partial charge is 0.122 e. The minimum absolute atomic E-state index is 0.109. The van der Waals surface area contributed by atoms with Crippen molar-refractivity contribution < 1.29 is 8.95 Å². The maximum absolute atomic E-state index is 11.5. The molecule has 1 aromatic rings. The fraction of sp³-hybridized carbons (Fsp3) is 0.500. The Hall–Kier alpha value is -0.710. The second kappa shape index (κ2) is 7.54. The van der Waals surface area contributed by atoms with Crippen LogP contribution in [0.3, 0.4) is 0 Å². The number of hydrogen-bond acceptors (Lipinski definition) is 3. The van der Waals surface area contributed by atoms with Gasteiger partial charge in [-0.25, -0.2) is 0 Å². The van der Waals surface area contributed by atoms with E-state index in [9.17, 15) is 4.21 Å². The predicted octanol–water partition coefficient (Wildman–Crippen LogP) is 1.65. The summed E-state index contributed by atoms with van der Waals surface area (Å²) < 4.78 is 16.8. The summed E-state index contributed by atoms with van der Waals surface area (Å²) >= 11 is 0. The van der Waals surface area contributed by atoms with Crippen molar-refractivity contribution in [3.05, 3.63) is 35.9 Å². The molecule has 0 aliphatic heterocycles. The Morgan fingerprint density at radius 1 is 1.38 bits per heavy atom. The summed E-state index contributed by atoms with van der Waals surface area (Å²) in [5.74, 6) is 0.911. The van der Waals surface area contributed by atoms with Crippen LogP contribution in [0.2, 0.25) is 0 Å². The Morgan fingerprint density at radius 3 is 2.69 bits per heavy atom. The van der Waals surface area contributed by atoms with Gasteiger partial charge in [-0.15, -0.1) is 0 Å². The Labute approximate surface area is 99.4 Å². The van der Waals surface area contributed by atoms with Gasteiger partial charge in [0.25, 0.3) is 0 Å². The topological polar surface area (TPSA) is 52.3 Å². The molecule has 0 aliphatic rings. The highest BCUT2D eigenvalue weighted by Crippen LogP contribution is 2.01. The van der Waals surface area contributed by atoms with Crippen molar-refractivity contribution in [1.29, 1.82) is 0 Å². The fourth-order valence-electron chi connectivity index (χ4n) is 1.20. The zero-order chi connectivity index (χ0) is 11.8. The van der Waals surface area contributed by atoms with E-state index in [1.807, 2.05) is 37.3 Å². The van der Waals surface area contributed by atoms with Crippen molar-refractivity contribution in [2.45, 2.75) is 26.0 Å². The van der Waals surface area contributed by atoms with Crippen molar-refractivity contribution in [3.8, 4) is 0 Å². The van der Waals surface area contributed by atoms with Crippen LogP contribution in [0.15, 0.2) is 30.3 Å². The maximum Gasteiger partial charge on any atom is 0.122 e. The highest BCUT2D eigenvalue weighted by Gasteiger charge is 2.02. The van der Waals surface area contributed by atoms with E-state index in [-0.39, 0.29) is 6.04 Å². The third kappa shape index (κ3) is 6.00. The third-order valence-electron chi connectivity index (χ3n) is 2.13. The number of ether oxygens (including phenoxy) is 1. The SMILES string of the molecule is CC(N)CCS(=O)COCc1ccccc1. The standard InChI is InChI=1S/C12H19NO2S/c1-11(13)7-8-16(14)10-15-9-12-5-3-2-4-6-12/h2-6,11H,7-10,13H2,1H3. The van der Waals surface area contributed by atoms with Gasteiger partial charge in [-0.05, 0) is 18.9 Å². The highest BCUT2D eigenvalue weighted by molar-refractivity contribution is 7.84. The van der Waals surface area contributed by atoms with Gasteiger partial charge in [-0.2, -0.15) is 0 Å². The molecular formula is C12H19NO2S. The van der Waals surface area contributed by atoms with E-state index in [0.717, 1.165) is 12.0 Å². The van der Waals surface area contributed by atoms with Crippen molar-refractivity contribution in [2.75, 3.05) is 11.7 Å². The van der Waals surface area contributed by atoms with Crippen LogP contribution in [0.5, 0.6) is 0 Å². The molecule has 2 atom stereocenters. The van der Waals surface area contributed by atoms with Gasteiger partial charge < -0.3 is 10.5 Å². The summed E-state index contributed by atoms with van der Waals surface area (Å²) in [4.78, 5) is 0. The lowest BCUT2D eigenvalue weighted by atomic mass is 10.2. The lowest BCUT2D eigenvalue weighted by molar-refractivity contribution is 0.166. The first kappa shape index (κ1) is 13.4. The van der Waals surface area contributed by atoms with Crippen LogP contribution in [-0.2, 0) is 22.1 Å². The zero-order valence-electron chi connectivity index (χ0n) is 9.59. The Balaban J connectivity index is 2.13. The van der Waals surface area contributed by atoms with Crippen LogP contribution < -0.4 is 5.73 Å². The average Bonchev–Trinajstić information content (AvgIpc) is 2.28. The quantitative estimate of drug-likeness (QED) is 0.789. The van der Waals surface area contributed by atoms with Gasteiger partial charge in [0.05, 0.1) is 6.61 Å². The summed E-state index contributed by atoms with van der Waals surface area (Å²) in [6.45, 7) is 2.44. The van der Waals surface area contributed by atoms with Crippen LogP contribution in [0.25, 0.3) is 0 Å². The number of hydrogen-bond donors (Lipinski definition) is 1. The van der Waals surface area contributed by atoms with Gasteiger partial charge in [0.15, 0.2) is 0 Å². The molecule has 0 saturated carbocycles. The Bertz CT molecular complexity index is 314. The first-order valence-electron chi connectivity index (χ1n) is 5.40. The van der Waals surface area contributed by atoms with E-state index in [4.69, 9.17) is 10.5 Å². The number of benzene rings is 1. The summed E-state index contributed by atoms with van der Waals surface area (Å²) in [6.07, 6.45) is 0.779. The van der Waals surface area contributed by atoms with Gasteiger partial charge in [0.2, 0.25) is 0 Å². The normalized spacial score (nSPS) is 14.6. The Kier molecular flexibility index (Phi) is 6.30. The van der Waals surface area contributed by atoms with Gasteiger partial charge in [-0.1, -0.05) is 30.3 Å². The highest BCUT2D eigenvalue weighted by atomic mass is 32.2. The van der Waals surface area contributed by atoms with E-state index >= 15 is 0 Å². The Morgan fingerprint density at radius 2 is 2.06 bits per heavy atom. The van der Waals surface area contributed by atoms with Crippen molar-refractivity contribution in [2.24, 2.45) is 5.73 Å². The van der Waals surface area contributed by atoms with Crippen molar-refractivity contribution in [3.63, 3.8) is 0 Å². The van der Waals surface area contributed by atoms with E-state index in [1.165, 1.54) is 0 Å². The largest absolute Gasteiger partial charge is 0.364 e. The number of rotatable bonds is 7. The van der Waals surface area contributed by atoms with Gasteiger partial charge in [0.1, 0.15) is 5.94 Å². The van der Waals surface area contributed by atoms with E-state index in [0.29, 0.717) is 18.3 Å². The molecule has 1 rings (SSSR count). The molecule has 0 aromatic heterocycles. The molecule has 1 aromatic carbocycles. The molecule has 0 amide bonds. The first-order chi connectivity index (χ1) is 7.68. The molecule has 0 saturated heterocycles. The van der Waals surface area contributed by atoms with Gasteiger partial charge in [-0.3, -0.25) is 4.21 Å². The lowest BCUT2D eigenvalue weighted by Gasteiger charge is -2.06. The molecular weight excluding hydrogens is 222 g/mol. The van der Waals surface area contributed by atoms with Gasteiger partial charge in [0, 0.05) is 22.6 Å². The average molecular weight is 241 g/mol. The molecule has 16 heavy (non-hydrogen) atoms. The van der Waals surface area contributed by atoms with Crippen LogP contribution in [0.4, 0.5) is 0 Å². The molecule has 90 valence electrons. The summed E-state index contributed by atoms with van der Waals surface area (Å²) in [6, 6.07) is 9.98. The number of nitrogens with two attached hydrogens (primary N) is 1. The molecule has 0 spiro atoms. The lowest BCUT2D eigenvalue weighted by Crippen LogP contribution is -2.19. The van der Waals surface area contributed by atoms with Crippen molar-refractivity contribution >= 4 is 10.8 Å². The van der Waals surface area contributed by atoms with Crippen LogP contribution >= 0.6 is 0 Å². The summed E-state index contributed by atoms with van der Waals surface area (Å²) in [7, 11) is -0.916. The molecule has 3 nitrogen and oxygen atoms in total. The molecule has 0 fully saturated rings. The zero-order valence-corrected chi connectivity index (χ0v) is 10.4. The summed E-state index contributed by atoms with van der Waals surface area (Å²) in [5.41, 5.74) is 6.69. The third-order valence-corrected chi connectivity index (χ3v) is 3.25. The molecule has 0 radical (unpaired) electrons. The minimum Gasteiger partial charge on any atom is -0.364 e. The second-order valence-electron chi connectivity index (χ2n) is 3.86. The van der Waals surface area contributed by atoms with E-state index < -0.39 is 10.8 Å². The molecule has 0 bridgehead atoms. The monoisotopic (exact) mass is 241 g/mol. The van der Waals surface area contributed by atoms with E-state index in [1.54, 1.807) is 0 Å². The molecule has 0 aliphatic carbocycles. The van der Waals surface area contributed by atoms with Crippen LogP contribution in [-0.4, -0.2) is 21.9 Å². The van der Waals surface area contributed by atoms with Gasteiger partial charge >= 0.3 is 0 Å². The second-order valence-corrected chi connectivity index (χ2v) is 5.39. The first-order valence-corrected chi connectivity index (χ1v) is 6.89. The molecule has 2 N–H and O–H groups in total. The van der Waals surface area contributed by atoms with E-state index in [2.05, 4.69) is 0 Å². The molecule has 4 heteroatoms. The van der Waals surface area contributed by atoms with Crippen LogP contribution in [0.1, 0.15) is 18.9 Å². The predicted molar refractivity (Wildman–Crippen MR) is 67.4 cm³/mol. The maximum atomic E-state index is 11.5. The van der Waals surface area contributed by atoms with Crippen molar-refractivity contribution in [1.82, 2.24) is 0 Å². The minimum atomic E-state index is -0.916. The summed E-state index contributed by atoms with van der Waals surface area (Å²) in [5, 5.41) is 0. The molecule has 0 heterocycles. The van der Waals surface area contributed by atoms with Crippen LogP contribution in [0, 0.1) is 0 Å². The molecule has 2 unspecified atom stereocenters. The fourth-order valence-corrected chi connectivity index (χ4v) is 2.22.